The van der Waals surface area contributed by atoms with E-state index < -0.39 is 0 Å². The first-order chi connectivity index (χ1) is 9.72. The van der Waals surface area contributed by atoms with Crippen LogP contribution < -0.4 is 20.1 Å². The molecule has 1 amide bonds. The molecule has 1 aromatic rings. The Morgan fingerprint density at radius 2 is 2.20 bits per heavy atom. The van der Waals surface area contributed by atoms with Gasteiger partial charge in [-0.2, -0.15) is 5.26 Å². The minimum absolute atomic E-state index is 0.0291. The molecular weight excluding hydrogens is 258 g/mol. The largest absolute Gasteiger partial charge is 0.490 e. The second-order valence-corrected chi connectivity index (χ2v) is 3.93. The summed E-state index contributed by atoms with van der Waals surface area (Å²) in [6, 6.07) is 7.41. The van der Waals surface area contributed by atoms with Crippen LogP contribution in [0.1, 0.15) is 12.5 Å². The Morgan fingerprint density at radius 1 is 1.40 bits per heavy atom. The normalized spacial score (nSPS) is 9.65. The molecule has 0 aromatic heterocycles. The number of nitrogens with zero attached hydrogens (tertiary/aromatic N) is 1. The number of nitriles is 1. The summed E-state index contributed by atoms with van der Waals surface area (Å²) < 4.78 is 11.0. The summed E-state index contributed by atoms with van der Waals surface area (Å²) in [5.74, 6) is 0.817. The van der Waals surface area contributed by atoms with Crippen molar-refractivity contribution in [2.24, 2.45) is 0 Å². The van der Waals surface area contributed by atoms with Crippen molar-refractivity contribution in [3.8, 4) is 17.6 Å². The highest BCUT2D eigenvalue weighted by Crippen LogP contribution is 2.31. The fourth-order valence-electron chi connectivity index (χ4n) is 1.65. The number of nitrogens with one attached hydrogen (secondary N) is 2. The van der Waals surface area contributed by atoms with Crippen LogP contribution >= 0.6 is 0 Å². The van der Waals surface area contributed by atoms with Gasteiger partial charge in [0, 0.05) is 12.1 Å². The number of ether oxygens (including phenoxy) is 2. The second kappa shape index (κ2) is 8.77. The van der Waals surface area contributed by atoms with Gasteiger partial charge in [-0.25, -0.2) is 0 Å². The Kier molecular flexibility index (Phi) is 6.93. The highest BCUT2D eigenvalue weighted by molar-refractivity contribution is 5.77. The van der Waals surface area contributed by atoms with E-state index in [9.17, 15) is 4.79 Å². The molecule has 0 saturated carbocycles. The number of hydrogen-bond donors (Lipinski definition) is 2. The molecule has 0 fully saturated rings. The lowest BCUT2D eigenvalue weighted by Gasteiger charge is -2.15. The third-order valence-electron chi connectivity index (χ3n) is 2.44. The monoisotopic (exact) mass is 277 g/mol. The van der Waals surface area contributed by atoms with Crippen LogP contribution in [-0.4, -0.2) is 32.7 Å². The standard InChI is InChI=1S/C14H19N3O3/c1-3-19-12-6-4-5-11(9-16-2)14(12)20-10-13(18)17-8-7-15/h4-6,16H,3,8-10H2,1-2H3,(H,17,18). The van der Waals surface area contributed by atoms with E-state index in [4.69, 9.17) is 14.7 Å². The Bertz CT molecular complexity index is 459. The molecule has 0 spiro atoms. The van der Waals surface area contributed by atoms with Crippen LogP contribution in [-0.2, 0) is 11.3 Å². The van der Waals surface area contributed by atoms with Gasteiger partial charge in [-0.15, -0.1) is 0 Å². The van der Waals surface area contributed by atoms with Gasteiger partial charge in [0.05, 0.1) is 12.7 Å². The van der Waals surface area contributed by atoms with Gasteiger partial charge >= 0.3 is 0 Å². The highest BCUT2D eigenvalue weighted by atomic mass is 16.5. The number of amides is 1. The van der Waals surface area contributed by atoms with Crippen LogP contribution in [0.4, 0.5) is 0 Å². The van der Waals surface area contributed by atoms with Gasteiger partial charge in [-0.3, -0.25) is 4.79 Å². The zero-order valence-corrected chi connectivity index (χ0v) is 11.7. The van der Waals surface area contributed by atoms with Gasteiger partial charge in [0.2, 0.25) is 0 Å². The Morgan fingerprint density at radius 3 is 2.85 bits per heavy atom. The van der Waals surface area contributed by atoms with E-state index in [0.717, 1.165) is 5.56 Å². The van der Waals surface area contributed by atoms with Crippen LogP contribution in [0.5, 0.6) is 11.5 Å². The first-order valence-electron chi connectivity index (χ1n) is 6.38. The average molecular weight is 277 g/mol. The number of para-hydroxylation sites is 1. The van der Waals surface area contributed by atoms with Crippen molar-refractivity contribution in [1.29, 1.82) is 5.26 Å². The third kappa shape index (κ3) is 4.78. The molecule has 0 atom stereocenters. The molecule has 2 N–H and O–H groups in total. The lowest BCUT2D eigenvalue weighted by Crippen LogP contribution is -2.29. The molecule has 0 radical (unpaired) electrons. The zero-order valence-electron chi connectivity index (χ0n) is 11.7. The molecule has 108 valence electrons. The maximum atomic E-state index is 11.5. The van der Waals surface area contributed by atoms with E-state index in [-0.39, 0.29) is 19.1 Å². The average Bonchev–Trinajstić information content (AvgIpc) is 2.45. The summed E-state index contributed by atoms with van der Waals surface area (Å²) in [6.07, 6.45) is 0. The molecule has 0 aliphatic carbocycles. The minimum atomic E-state index is -0.340. The van der Waals surface area contributed by atoms with Crippen molar-refractivity contribution >= 4 is 5.91 Å². The van der Waals surface area contributed by atoms with Crippen molar-refractivity contribution in [3.05, 3.63) is 23.8 Å². The maximum absolute atomic E-state index is 11.5. The van der Waals surface area contributed by atoms with Gasteiger partial charge in [-0.1, -0.05) is 12.1 Å². The minimum Gasteiger partial charge on any atom is -0.490 e. The van der Waals surface area contributed by atoms with Crippen LogP contribution in [0, 0.1) is 11.3 Å². The van der Waals surface area contributed by atoms with E-state index in [1.165, 1.54) is 0 Å². The molecule has 0 aliphatic rings. The number of carbonyl (C=O) groups excluding carboxylic acids is 1. The van der Waals surface area contributed by atoms with Crippen LogP contribution in [0.15, 0.2) is 18.2 Å². The number of carbonyl (C=O) groups is 1. The molecule has 0 unspecified atom stereocenters. The quantitative estimate of drug-likeness (QED) is 0.687. The number of hydrogen-bond acceptors (Lipinski definition) is 5. The topological polar surface area (TPSA) is 83.4 Å². The fraction of sp³-hybridized carbons (Fsp3) is 0.429. The van der Waals surface area contributed by atoms with Gasteiger partial charge in [-0.05, 0) is 20.0 Å². The van der Waals surface area contributed by atoms with E-state index >= 15 is 0 Å². The van der Waals surface area contributed by atoms with Crippen molar-refractivity contribution in [1.82, 2.24) is 10.6 Å². The smallest absolute Gasteiger partial charge is 0.258 e. The van der Waals surface area contributed by atoms with Crippen molar-refractivity contribution < 1.29 is 14.3 Å². The summed E-state index contributed by atoms with van der Waals surface area (Å²) >= 11 is 0. The molecule has 6 heteroatoms. The molecule has 0 bridgehead atoms. The summed E-state index contributed by atoms with van der Waals surface area (Å²) in [4.78, 5) is 11.5. The lowest BCUT2D eigenvalue weighted by molar-refractivity contribution is -0.122. The van der Waals surface area contributed by atoms with Crippen molar-refractivity contribution in [3.63, 3.8) is 0 Å². The van der Waals surface area contributed by atoms with Crippen LogP contribution in [0.3, 0.4) is 0 Å². The SMILES string of the molecule is CCOc1cccc(CNC)c1OCC(=O)NCC#N. The number of benzene rings is 1. The van der Waals surface area contributed by atoms with E-state index in [0.29, 0.717) is 24.7 Å². The van der Waals surface area contributed by atoms with Crippen LogP contribution in [0.25, 0.3) is 0 Å². The molecule has 0 heterocycles. The maximum Gasteiger partial charge on any atom is 0.258 e. The van der Waals surface area contributed by atoms with E-state index in [2.05, 4.69) is 10.6 Å². The van der Waals surface area contributed by atoms with Crippen molar-refractivity contribution in [2.75, 3.05) is 26.8 Å². The number of rotatable bonds is 8. The third-order valence-corrected chi connectivity index (χ3v) is 2.44. The molecule has 6 nitrogen and oxygen atoms in total. The van der Waals surface area contributed by atoms with Crippen molar-refractivity contribution in [2.45, 2.75) is 13.5 Å². The first-order valence-corrected chi connectivity index (χ1v) is 6.38. The van der Waals surface area contributed by atoms with Gasteiger partial charge < -0.3 is 20.1 Å². The van der Waals surface area contributed by atoms with Gasteiger partial charge in [0.1, 0.15) is 6.54 Å². The Balaban J connectivity index is 2.79. The molecule has 1 rings (SSSR count). The predicted molar refractivity (Wildman–Crippen MR) is 74.5 cm³/mol. The highest BCUT2D eigenvalue weighted by Gasteiger charge is 2.12. The molecule has 0 aliphatic heterocycles. The molecule has 1 aromatic carbocycles. The predicted octanol–water partition coefficient (Wildman–Crippen LogP) is 0.823. The lowest BCUT2D eigenvalue weighted by atomic mass is 10.2. The molecular formula is C14H19N3O3. The van der Waals surface area contributed by atoms with Gasteiger partial charge in [0.25, 0.3) is 5.91 Å². The fourth-order valence-corrected chi connectivity index (χ4v) is 1.65. The summed E-state index contributed by atoms with van der Waals surface area (Å²) in [5.41, 5.74) is 0.909. The van der Waals surface area contributed by atoms with Crippen LogP contribution in [0.2, 0.25) is 0 Å². The Hall–Kier alpha value is -2.26. The first kappa shape index (κ1) is 15.8. The summed E-state index contributed by atoms with van der Waals surface area (Å²) in [7, 11) is 1.83. The zero-order chi connectivity index (χ0) is 14.8. The van der Waals surface area contributed by atoms with E-state index in [1.54, 1.807) is 6.07 Å². The second-order valence-electron chi connectivity index (χ2n) is 3.93. The van der Waals surface area contributed by atoms with Gasteiger partial charge in [0.15, 0.2) is 18.1 Å². The molecule has 20 heavy (non-hydrogen) atoms. The molecule has 0 saturated heterocycles. The van der Waals surface area contributed by atoms with E-state index in [1.807, 2.05) is 32.2 Å². The Labute approximate surface area is 118 Å². The summed E-state index contributed by atoms with van der Waals surface area (Å²) in [6.45, 7) is 2.82. The summed E-state index contributed by atoms with van der Waals surface area (Å²) in [5, 5.41) is 13.9.